The Morgan fingerprint density at radius 3 is 2.52 bits per heavy atom. The normalized spacial score (nSPS) is 17.8. The van der Waals surface area contributed by atoms with Crippen LogP contribution < -0.4 is 0 Å². The van der Waals surface area contributed by atoms with E-state index in [1.54, 1.807) is 0 Å². The van der Waals surface area contributed by atoms with E-state index in [9.17, 15) is 0 Å². The molecule has 0 fully saturated rings. The van der Waals surface area contributed by atoms with Crippen LogP contribution in [0, 0.1) is 5.92 Å². The van der Waals surface area contributed by atoms with E-state index in [2.05, 4.69) is 88.9 Å². The molecule has 0 amide bonds. The van der Waals surface area contributed by atoms with E-state index >= 15 is 0 Å². The fraction of sp³-hybridized carbons (Fsp3) is 0.360. The van der Waals surface area contributed by atoms with Gasteiger partial charge in [0.05, 0.1) is 0 Å². The number of aryl methyl sites for hydroxylation is 1. The Kier molecular flexibility index (Phi) is 7.25. The number of allylic oxidation sites excluding steroid dienone is 9. The summed E-state index contributed by atoms with van der Waals surface area (Å²) in [6.07, 6.45) is 18.0. The van der Waals surface area contributed by atoms with E-state index in [0.29, 0.717) is 5.92 Å². The van der Waals surface area contributed by atoms with Gasteiger partial charge in [0.25, 0.3) is 0 Å². The number of rotatable bonds is 7. The minimum Gasteiger partial charge on any atom is -0.0912 e. The molecule has 0 saturated heterocycles. The SMILES string of the molecule is C=C(/C=C\C(=C/C)CC)c1cc(CC)cc(C2=CCC(CC)C=C2)c1. The first kappa shape index (κ1) is 19.2. The summed E-state index contributed by atoms with van der Waals surface area (Å²) in [5, 5.41) is 0. The summed E-state index contributed by atoms with van der Waals surface area (Å²) in [5.41, 5.74) is 7.68. The van der Waals surface area contributed by atoms with Crippen molar-refractivity contribution in [1.29, 1.82) is 0 Å². The third-order valence-electron chi connectivity index (χ3n) is 5.10. The molecule has 25 heavy (non-hydrogen) atoms. The Hall–Kier alpha value is -2.08. The minimum absolute atomic E-state index is 0.698. The third-order valence-corrected chi connectivity index (χ3v) is 5.10. The lowest BCUT2D eigenvalue weighted by molar-refractivity contribution is 0.634. The molecule has 1 unspecified atom stereocenters. The molecule has 132 valence electrons. The lowest BCUT2D eigenvalue weighted by atomic mass is 9.89. The molecule has 0 aliphatic heterocycles. The highest BCUT2D eigenvalue weighted by Gasteiger charge is 2.10. The van der Waals surface area contributed by atoms with Crippen molar-refractivity contribution in [3.05, 3.63) is 83.5 Å². The fourth-order valence-electron chi connectivity index (χ4n) is 3.15. The van der Waals surface area contributed by atoms with Gasteiger partial charge in [-0.05, 0) is 72.4 Å². The van der Waals surface area contributed by atoms with Crippen molar-refractivity contribution in [2.24, 2.45) is 5.92 Å². The maximum Gasteiger partial charge on any atom is -0.0178 e. The van der Waals surface area contributed by atoms with Crippen molar-refractivity contribution in [3.63, 3.8) is 0 Å². The Bertz CT molecular complexity index is 722. The van der Waals surface area contributed by atoms with Crippen LogP contribution in [-0.4, -0.2) is 0 Å². The minimum atomic E-state index is 0.698. The molecule has 1 aliphatic carbocycles. The summed E-state index contributed by atoms with van der Waals surface area (Å²) in [6.45, 7) is 13.1. The largest absolute Gasteiger partial charge is 0.0912 e. The molecule has 0 saturated carbocycles. The highest BCUT2D eigenvalue weighted by atomic mass is 14.1. The van der Waals surface area contributed by atoms with Gasteiger partial charge < -0.3 is 0 Å². The molecule has 1 atom stereocenters. The zero-order chi connectivity index (χ0) is 18.2. The van der Waals surface area contributed by atoms with Crippen LogP contribution >= 0.6 is 0 Å². The first-order valence-corrected chi connectivity index (χ1v) is 9.66. The summed E-state index contributed by atoms with van der Waals surface area (Å²) >= 11 is 0. The molecule has 0 bridgehead atoms. The number of benzene rings is 1. The summed E-state index contributed by atoms with van der Waals surface area (Å²) in [5.74, 6) is 0.698. The average molecular weight is 333 g/mol. The predicted octanol–water partition coefficient (Wildman–Crippen LogP) is 7.54. The Labute approximate surface area is 154 Å². The van der Waals surface area contributed by atoms with Gasteiger partial charge in [0.15, 0.2) is 0 Å². The lowest BCUT2D eigenvalue weighted by Gasteiger charge is -2.16. The van der Waals surface area contributed by atoms with Crippen molar-refractivity contribution >= 4 is 11.1 Å². The van der Waals surface area contributed by atoms with Crippen LogP contribution in [0.15, 0.2) is 66.8 Å². The van der Waals surface area contributed by atoms with Gasteiger partial charge in [-0.25, -0.2) is 0 Å². The fourth-order valence-corrected chi connectivity index (χ4v) is 3.15. The molecule has 0 heterocycles. The molecule has 0 N–H and O–H groups in total. The van der Waals surface area contributed by atoms with Gasteiger partial charge in [0, 0.05) is 0 Å². The molecule has 1 aromatic carbocycles. The molecule has 2 rings (SSSR count). The summed E-state index contributed by atoms with van der Waals surface area (Å²) < 4.78 is 0. The molecule has 0 nitrogen and oxygen atoms in total. The van der Waals surface area contributed by atoms with Crippen LogP contribution in [0.4, 0.5) is 0 Å². The molecular weight excluding hydrogens is 300 g/mol. The van der Waals surface area contributed by atoms with Crippen LogP contribution in [0.5, 0.6) is 0 Å². The highest BCUT2D eigenvalue weighted by molar-refractivity contribution is 5.80. The van der Waals surface area contributed by atoms with Crippen molar-refractivity contribution in [1.82, 2.24) is 0 Å². The summed E-state index contributed by atoms with van der Waals surface area (Å²) in [7, 11) is 0. The zero-order valence-corrected chi connectivity index (χ0v) is 16.3. The Balaban J connectivity index is 2.30. The van der Waals surface area contributed by atoms with Crippen LogP contribution in [0.1, 0.15) is 63.6 Å². The standard InChI is InChI=1S/C25H32/c1-6-20(7-2)11-10-19(5)24-16-22(9-4)17-25(18-24)23-14-12-21(8-3)13-15-23/h6,10-12,14-18,21H,5,7-9,13H2,1-4H3/b11-10-,20-6-. The zero-order valence-electron chi connectivity index (χ0n) is 16.3. The van der Waals surface area contributed by atoms with Gasteiger partial charge in [-0.1, -0.05) is 81.5 Å². The third kappa shape index (κ3) is 5.19. The predicted molar refractivity (Wildman–Crippen MR) is 114 cm³/mol. The van der Waals surface area contributed by atoms with E-state index in [1.807, 2.05) is 0 Å². The van der Waals surface area contributed by atoms with Crippen molar-refractivity contribution in [3.8, 4) is 0 Å². The maximum atomic E-state index is 4.30. The van der Waals surface area contributed by atoms with Crippen LogP contribution in [0.2, 0.25) is 0 Å². The molecule has 0 spiro atoms. The van der Waals surface area contributed by atoms with Gasteiger partial charge in [0.2, 0.25) is 0 Å². The van der Waals surface area contributed by atoms with E-state index < -0.39 is 0 Å². The molecule has 1 aromatic rings. The monoisotopic (exact) mass is 332 g/mol. The van der Waals surface area contributed by atoms with Gasteiger partial charge in [-0.2, -0.15) is 0 Å². The van der Waals surface area contributed by atoms with E-state index in [0.717, 1.165) is 24.8 Å². The topological polar surface area (TPSA) is 0 Å². The second kappa shape index (κ2) is 9.42. The van der Waals surface area contributed by atoms with Crippen LogP contribution in [-0.2, 0) is 6.42 Å². The summed E-state index contributed by atoms with van der Waals surface area (Å²) in [4.78, 5) is 0. The van der Waals surface area contributed by atoms with E-state index in [1.165, 1.54) is 34.3 Å². The second-order valence-corrected chi connectivity index (χ2v) is 6.77. The van der Waals surface area contributed by atoms with Crippen molar-refractivity contribution < 1.29 is 0 Å². The van der Waals surface area contributed by atoms with Crippen LogP contribution in [0.3, 0.4) is 0 Å². The maximum absolute atomic E-state index is 4.30. The lowest BCUT2D eigenvalue weighted by Crippen LogP contribution is -1.99. The highest BCUT2D eigenvalue weighted by Crippen LogP contribution is 2.29. The Morgan fingerprint density at radius 1 is 1.16 bits per heavy atom. The first-order chi connectivity index (χ1) is 12.1. The van der Waals surface area contributed by atoms with Crippen molar-refractivity contribution in [2.75, 3.05) is 0 Å². The average Bonchev–Trinajstić information content (AvgIpc) is 2.68. The number of hydrogen-bond acceptors (Lipinski definition) is 0. The second-order valence-electron chi connectivity index (χ2n) is 6.77. The quantitative estimate of drug-likeness (QED) is 0.452. The molecule has 0 heteroatoms. The van der Waals surface area contributed by atoms with Gasteiger partial charge >= 0.3 is 0 Å². The van der Waals surface area contributed by atoms with Crippen LogP contribution in [0.25, 0.3) is 11.1 Å². The summed E-state index contributed by atoms with van der Waals surface area (Å²) in [6, 6.07) is 6.89. The van der Waals surface area contributed by atoms with E-state index in [4.69, 9.17) is 0 Å². The molecule has 1 aliphatic rings. The molecule has 0 aromatic heterocycles. The van der Waals surface area contributed by atoms with Gasteiger partial charge in [-0.3, -0.25) is 0 Å². The van der Waals surface area contributed by atoms with E-state index in [-0.39, 0.29) is 0 Å². The van der Waals surface area contributed by atoms with Crippen molar-refractivity contribution in [2.45, 2.75) is 53.4 Å². The Morgan fingerprint density at radius 2 is 1.96 bits per heavy atom. The number of hydrogen-bond donors (Lipinski definition) is 0. The molecular formula is C25H32. The van der Waals surface area contributed by atoms with Gasteiger partial charge in [-0.15, -0.1) is 0 Å². The molecule has 0 radical (unpaired) electrons. The van der Waals surface area contributed by atoms with Gasteiger partial charge in [0.1, 0.15) is 0 Å². The first-order valence-electron chi connectivity index (χ1n) is 9.66. The smallest absolute Gasteiger partial charge is 0.0178 e.